The molecule has 3 aromatic rings. The van der Waals surface area contributed by atoms with Gasteiger partial charge >= 0.3 is 0 Å². The molecule has 0 aliphatic rings. The Morgan fingerprint density at radius 3 is 2.48 bits per heavy atom. The topological polar surface area (TPSA) is 105 Å². The number of nitrogens with zero attached hydrogens (tertiary/aromatic N) is 3. The summed E-state index contributed by atoms with van der Waals surface area (Å²) in [6.45, 7) is 1.81. The van der Waals surface area contributed by atoms with Gasteiger partial charge in [-0.15, -0.1) is 0 Å². The number of benzene rings is 1. The molecule has 0 bridgehead atoms. The molecule has 3 rings (SSSR count). The van der Waals surface area contributed by atoms with Crippen LogP contribution in [0, 0.1) is 18.3 Å². The van der Waals surface area contributed by atoms with Crippen LogP contribution in [0.25, 0.3) is 11.3 Å². The predicted molar refractivity (Wildman–Crippen MR) is 101 cm³/mol. The number of ether oxygens (including phenoxy) is 1. The minimum absolute atomic E-state index is 0.0320. The maximum absolute atomic E-state index is 12.6. The average Bonchev–Trinajstić information content (AvgIpc) is 2.69. The Hall–Kier alpha value is -3.44. The normalized spacial score (nSPS) is 10.9. The van der Waals surface area contributed by atoms with E-state index >= 15 is 0 Å². The molecule has 2 aromatic heterocycles. The van der Waals surface area contributed by atoms with E-state index < -0.39 is 10.0 Å². The number of anilines is 1. The van der Waals surface area contributed by atoms with Crippen LogP contribution in [-0.2, 0) is 10.0 Å². The second kappa shape index (κ2) is 7.43. The molecule has 0 unspecified atom stereocenters. The molecule has 0 saturated carbocycles. The summed E-state index contributed by atoms with van der Waals surface area (Å²) >= 11 is 0. The van der Waals surface area contributed by atoms with Crippen molar-refractivity contribution >= 4 is 15.7 Å². The molecule has 0 aliphatic carbocycles. The van der Waals surface area contributed by atoms with Gasteiger partial charge in [-0.3, -0.25) is 9.71 Å². The number of hydrogen-bond acceptors (Lipinski definition) is 6. The highest BCUT2D eigenvalue weighted by Gasteiger charge is 2.16. The molecule has 8 heteroatoms. The molecule has 27 heavy (non-hydrogen) atoms. The zero-order valence-corrected chi connectivity index (χ0v) is 15.5. The van der Waals surface area contributed by atoms with E-state index in [0.717, 1.165) is 11.1 Å². The SMILES string of the molecule is COc1ccc(S(=O)(=O)Nc2cc(-c3ccc(C#N)cn3)ccc2C)cn1. The fourth-order valence-corrected chi connectivity index (χ4v) is 3.44. The summed E-state index contributed by atoms with van der Waals surface area (Å²) in [5.41, 5.74) is 3.03. The Morgan fingerprint density at radius 1 is 1.07 bits per heavy atom. The van der Waals surface area contributed by atoms with Gasteiger partial charge in [-0.1, -0.05) is 12.1 Å². The van der Waals surface area contributed by atoms with Gasteiger partial charge in [0.15, 0.2) is 0 Å². The number of aromatic nitrogens is 2. The van der Waals surface area contributed by atoms with Crippen LogP contribution in [-0.4, -0.2) is 25.5 Å². The molecule has 1 aromatic carbocycles. The van der Waals surface area contributed by atoms with Crippen molar-refractivity contribution in [2.45, 2.75) is 11.8 Å². The summed E-state index contributed by atoms with van der Waals surface area (Å²) in [4.78, 5) is 8.20. The van der Waals surface area contributed by atoms with Crippen LogP contribution in [0.3, 0.4) is 0 Å². The monoisotopic (exact) mass is 380 g/mol. The van der Waals surface area contributed by atoms with E-state index in [2.05, 4.69) is 14.7 Å². The smallest absolute Gasteiger partial charge is 0.263 e. The van der Waals surface area contributed by atoms with Crippen LogP contribution in [0.1, 0.15) is 11.1 Å². The van der Waals surface area contributed by atoms with Crippen LogP contribution in [0.15, 0.2) is 59.8 Å². The highest BCUT2D eigenvalue weighted by molar-refractivity contribution is 7.92. The van der Waals surface area contributed by atoms with Crippen molar-refractivity contribution in [1.29, 1.82) is 5.26 Å². The molecule has 0 amide bonds. The molecule has 7 nitrogen and oxygen atoms in total. The quantitative estimate of drug-likeness (QED) is 0.729. The lowest BCUT2D eigenvalue weighted by molar-refractivity contribution is 0.397. The lowest BCUT2D eigenvalue weighted by Gasteiger charge is -2.12. The number of aryl methyl sites for hydroxylation is 1. The van der Waals surface area contributed by atoms with Crippen LogP contribution >= 0.6 is 0 Å². The number of sulfonamides is 1. The van der Waals surface area contributed by atoms with E-state index in [1.165, 1.54) is 31.6 Å². The number of nitriles is 1. The molecule has 0 atom stereocenters. The number of pyridine rings is 2. The van der Waals surface area contributed by atoms with Crippen molar-refractivity contribution in [2.75, 3.05) is 11.8 Å². The number of rotatable bonds is 5. The fourth-order valence-electron chi connectivity index (χ4n) is 2.37. The third-order valence-corrected chi connectivity index (χ3v) is 5.25. The molecule has 0 radical (unpaired) electrons. The number of hydrogen-bond donors (Lipinski definition) is 1. The molecule has 0 fully saturated rings. The van der Waals surface area contributed by atoms with Gasteiger partial charge in [0, 0.05) is 17.8 Å². The van der Waals surface area contributed by atoms with E-state index in [1.54, 1.807) is 31.2 Å². The van der Waals surface area contributed by atoms with Gasteiger partial charge in [0.05, 0.1) is 30.3 Å². The van der Waals surface area contributed by atoms with E-state index in [1.807, 2.05) is 12.1 Å². The van der Waals surface area contributed by atoms with Crippen molar-refractivity contribution < 1.29 is 13.2 Å². The van der Waals surface area contributed by atoms with Gasteiger partial charge in [0.25, 0.3) is 10.0 Å². The lowest BCUT2D eigenvalue weighted by Crippen LogP contribution is -2.14. The summed E-state index contributed by atoms with van der Waals surface area (Å²) in [6, 6.07) is 13.7. The van der Waals surface area contributed by atoms with E-state index in [9.17, 15) is 8.42 Å². The summed E-state index contributed by atoms with van der Waals surface area (Å²) < 4.78 is 32.8. The fraction of sp³-hybridized carbons (Fsp3) is 0.105. The van der Waals surface area contributed by atoms with Gasteiger partial charge in [0.2, 0.25) is 5.88 Å². The molecule has 2 heterocycles. The van der Waals surface area contributed by atoms with Gasteiger partial charge in [-0.05, 0) is 36.8 Å². The third-order valence-electron chi connectivity index (χ3n) is 3.90. The second-order valence-corrected chi connectivity index (χ2v) is 7.40. The van der Waals surface area contributed by atoms with Crippen LogP contribution in [0.5, 0.6) is 5.88 Å². The zero-order valence-electron chi connectivity index (χ0n) is 14.7. The maximum atomic E-state index is 12.6. The van der Waals surface area contributed by atoms with E-state index in [-0.39, 0.29) is 4.90 Å². The Bertz CT molecular complexity index is 1100. The Balaban J connectivity index is 1.92. The molecular formula is C19H16N4O3S. The first kappa shape index (κ1) is 18.4. The van der Waals surface area contributed by atoms with Gasteiger partial charge in [-0.2, -0.15) is 5.26 Å². The Labute approximate surface area is 157 Å². The average molecular weight is 380 g/mol. The largest absolute Gasteiger partial charge is 0.481 e. The predicted octanol–water partition coefficient (Wildman–Crippen LogP) is 3.13. The highest BCUT2D eigenvalue weighted by Crippen LogP contribution is 2.26. The Kier molecular flexibility index (Phi) is 5.05. The van der Waals surface area contributed by atoms with Gasteiger partial charge in [0.1, 0.15) is 11.0 Å². The molecule has 1 N–H and O–H groups in total. The van der Waals surface area contributed by atoms with Crippen molar-refractivity contribution in [2.24, 2.45) is 0 Å². The van der Waals surface area contributed by atoms with E-state index in [0.29, 0.717) is 22.8 Å². The standard InChI is InChI=1S/C19H16N4O3S/c1-13-3-5-15(17-7-4-14(10-20)11-21-17)9-18(13)23-27(24,25)16-6-8-19(26-2)22-12-16/h3-9,11-12,23H,1-2H3. The van der Waals surface area contributed by atoms with Crippen molar-refractivity contribution in [3.8, 4) is 23.2 Å². The van der Waals surface area contributed by atoms with Crippen LogP contribution in [0.4, 0.5) is 5.69 Å². The molecule has 0 spiro atoms. The minimum Gasteiger partial charge on any atom is -0.481 e. The van der Waals surface area contributed by atoms with Crippen molar-refractivity contribution in [3.63, 3.8) is 0 Å². The summed E-state index contributed by atoms with van der Waals surface area (Å²) in [5, 5.41) is 8.87. The first-order chi connectivity index (χ1) is 12.9. The zero-order chi connectivity index (χ0) is 19.4. The minimum atomic E-state index is -3.80. The molecular weight excluding hydrogens is 364 g/mol. The van der Waals surface area contributed by atoms with Crippen molar-refractivity contribution in [3.05, 3.63) is 66.0 Å². The summed E-state index contributed by atoms with van der Waals surface area (Å²) in [6.07, 6.45) is 2.71. The summed E-state index contributed by atoms with van der Waals surface area (Å²) in [7, 11) is -2.34. The van der Waals surface area contributed by atoms with Crippen LogP contribution < -0.4 is 9.46 Å². The van der Waals surface area contributed by atoms with Gasteiger partial charge in [-0.25, -0.2) is 13.4 Å². The van der Waals surface area contributed by atoms with Gasteiger partial charge < -0.3 is 4.74 Å². The molecule has 0 saturated heterocycles. The lowest BCUT2D eigenvalue weighted by atomic mass is 10.1. The molecule has 0 aliphatic heterocycles. The molecule has 136 valence electrons. The van der Waals surface area contributed by atoms with E-state index in [4.69, 9.17) is 10.00 Å². The highest BCUT2D eigenvalue weighted by atomic mass is 32.2. The van der Waals surface area contributed by atoms with Crippen molar-refractivity contribution in [1.82, 2.24) is 9.97 Å². The number of nitrogens with one attached hydrogen (secondary N) is 1. The maximum Gasteiger partial charge on any atom is 0.263 e. The van der Waals surface area contributed by atoms with Crippen LogP contribution in [0.2, 0.25) is 0 Å². The second-order valence-electron chi connectivity index (χ2n) is 5.72. The third kappa shape index (κ3) is 4.04. The number of methoxy groups -OCH3 is 1. The first-order valence-corrected chi connectivity index (χ1v) is 9.41. The summed E-state index contributed by atoms with van der Waals surface area (Å²) in [5.74, 6) is 0.332. The first-order valence-electron chi connectivity index (χ1n) is 7.93. The Morgan fingerprint density at radius 2 is 1.89 bits per heavy atom.